The van der Waals surface area contributed by atoms with Crippen molar-refractivity contribution < 1.29 is 24.6 Å². The van der Waals surface area contributed by atoms with Crippen molar-refractivity contribution in [1.82, 2.24) is 0 Å². The van der Waals surface area contributed by atoms with E-state index < -0.39 is 45.6 Å². The molecule has 3 unspecified atom stereocenters. The first-order valence-corrected chi connectivity index (χ1v) is 9.68. The summed E-state index contributed by atoms with van der Waals surface area (Å²) < 4.78 is 0. The van der Waals surface area contributed by atoms with Gasteiger partial charge >= 0.3 is 0 Å². The molecule has 4 atom stereocenters. The standard InChI is InChI=1S/C22H32O5/c1-8-13(4)16(23)15-17(24)21(7)14(20(5,6)27)11-22(18(15)25,19(21)26)10-9-12(2)3/h9,13-14,25,27H,8,10-11H2,1-7H3/t13?,14-,21?,22?/m0/s1. The molecule has 0 radical (unpaired) electrons. The number of rotatable bonds is 6. The third kappa shape index (κ3) is 3.00. The van der Waals surface area contributed by atoms with Gasteiger partial charge in [0.05, 0.1) is 16.4 Å². The lowest BCUT2D eigenvalue weighted by molar-refractivity contribution is -0.147. The van der Waals surface area contributed by atoms with Crippen molar-refractivity contribution >= 4 is 17.3 Å². The zero-order valence-electron chi connectivity index (χ0n) is 17.5. The second kappa shape index (κ2) is 6.69. The van der Waals surface area contributed by atoms with Gasteiger partial charge < -0.3 is 10.2 Å². The number of carbonyl (C=O) groups excluding carboxylic acids is 3. The molecular formula is C22H32O5. The molecule has 0 aliphatic heterocycles. The van der Waals surface area contributed by atoms with Crippen LogP contribution in [0.1, 0.15) is 67.7 Å². The number of hydrogen-bond acceptors (Lipinski definition) is 5. The van der Waals surface area contributed by atoms with Crippen molar-refractivity contribution in [2.75, 3.05) is 0 Å². The van der Waals surface area contributed by atoms with Gasteiger partial charge in [-0.25, -0.2) is 0 Å². The van der Waals surface area contributed by atoms with Crippen LogP contribution in [-0.4, -0.2) is 33.2 Å². The Labute approximate surface area is 161 Å². The van der Waals surface area contributed by atoms with E-state index in [-0.39, 0.29) is 24.2 Å². The quantitative estimate of drug-likeness (QED) is 0.419. The average molecular weight is 376 g/mol. The molecule has 0 saturated heterocycles. The maximum absolute atomic E-state index is 13.5. The summed E-state index contributed by atoms with van der Waals surface area (Å²) in [6, 6.07) is 0. The van der Waals surface area contributed by atoms with Crippen LogP contribution in [0.3, 0.4) is 0 Å². The van der Waals surface area contributed by atoms with Gasteiger partial charge in [-0.1, -0.05) is 25.5 Å². The number of carbonyl (C=O) groups is 3. The van der Waals surface area contributed by atoms with Crippen molar-refractivity contribution in [3.63, 3.8) is 0 Å². The topological polar surface area (TPSA) is 91.7 Å². The lowest BCUT2D eigenvalue weighted by atomic mass is 9.62. The molecule has 2 N–H and O–H groups in total. The highest BCUT2D eigenvalue weighted by molar-refractivity contribution is 6.32. The van der Waals surface area contributed by atoms with E-state index in [2.05, 4.69) is 0 Å². The van der Waals surface area contributed by atoms with Crippen LogP contribution in [-0.2, 0) is 14.4 Å². The van der Waals surface area contributed by atoms with Gasteiger partial charge in [-0.3, -0.25) is 14.4 Å². The van der Waals surface area contributed by atoms with E-state index in [9.17, 15) is 24.6 Å². The normalized spacial score (nSPS) is 31.9. The largest absolute Gasteiger partial charge is 0.510 e. The van der Waals surface area contributed by atoms with Crippen LogP contribution < -0.4 is 0 Å². The van der Waals surface area contributed by atoms with Crippen LogP contribution in [0.4, 0.5) is 0 Å². The molecule has 5 heteroatoms. The van der Waals surface area contributed by atoms with E-state index >= 15 is 0 Å². The lowest BCUT2D eigenvalue weighted by Crippen LogP contribution is -2.52. The molecular weight excluding hydrogens is 344 g/mol. The van der Waals surface area contributed by atoms with Crippen molar-refractivity contribution in [3.05, 3.63) is 23.0 Å². The highest BCUT2D eigenvalue weighted by atomic mass is 16.3. The second-order valence-electron chi connectivity index (χ2n) is 9.24. The van der Waals surface area contributed by atoms with Crippen LogP contribution in [0.25, 0.3) is 0 Å². The van der Waals surface area contributed by atoms with E-state index in [4.69, 9.17) is 0 Å². The van der Waals surface area contributed by atoms with Crippen LogP contribution in [0.15, 0.2) is 23.0 Å². The predicted octanol–water partition coefficient (Wildman–Crippen LogP) is 3.71. The molecule has 1 saturated carbocycles. The van der Waals surface area contributed by atoms with E-state index in [1.165, 1.54) is 6.92 Å². The first-order chi connectivity index (χ1) is 12.2. The minimum Gasteiger partial charge on any atom is -0.510 e. The van der Waals surface area contributed by atoms with E-state index in [1.54, 1.807) is 20.8 Å². The molecule has 2 rings (SSSR count). The van der Waals surface area contributed by atoms with E-state index in [0.717, 1.165) is 5.57 Å². The molecule has 0 aromatic rings. The van der Waals surface area contributed by atoms with Crippen LogP contribution in [0.5, 0.6) is 0 Å². The van der Waals surface area contributed by atoms with Crippen molar-refractivity contribution in [2.24, 2.45) is 22.7 Å². The third-order valence-electron chi connectivity index (χ3n) is 6.56. The summed E-state index contributed by atoms with van der Waals surface area (Å²) in [6.07, 6.45) is 2.74. The molecule has 0 aromatic heterocycles. The van der Waals surface area contributed by atoms with Gasteiger partial charge in [0.15, 0.2) is 17.3 Å². The Morgan fingerprint density at radius 3 is 2.33 bits per heavy atom. The summed E-state index contributed by atoms with van der Waals surface area (Å²) in [6.45, 7) is 12.0. The van der Waals surface area contributed by atoms with E-state index in [0.29, 0.717) is 6.42 Å². The fourth-order valence-corrected chi connectivity index (χ4v) is 4.64. The fourth-order valence-electron chi connectivity index (χ4n) is 4.64. The Morgan fingerprint density at radius 1 is 1.33 bits per heavy atom. The van der Waals surface area contributed by atoms with Gasteiger partial charge in [0.25, 0.3) is 0 Å². The molecule has 150 valence electrons. The monoisotopic (exact) mass is 376 g/mol. The first-order valence-electron chi connectivity index (χ1n) is 9.68. The maximum Gasteiger partial charge on any atom is 0.183 e. The van der Waals surface area contributed by atoms with Crippen LogP contribution in [0, 0.1) is 22.7 Å². The number of hydrogen-bond donors (Lipinski definition) is 2. The maximum atomic E-state index is 13.5. The molecule has 0 amide bonds. The summed E-state index contributed by atoms with van der Waals surface area (Å²) in [7, 11) is 0. The molecule has 27 heavy (non-hydrogen) atoms. The van der Waals surface area contributed by atoms with Gasteiger partial charge in [0, 0.05) is 11.8 Å². The van der Waals surface area contributed by atoms with E-state index in [1.807, 2.05) is 26.8 Å². The molecule has 2 aliphatic carbocycles. The first kappa shape index (κ1) is 21.5. The summed E-state index contributed by atoms with van der Waals surface area (Å²) in [5.41, 5.74) is -3.41. The number of allylic oxidation sites excluding steroid dienone is 4. The molecule has 0 heterocycles. The smallest absolute Gasteiger partial charge is 0.183 e. The molecule has 0 spiro atoms. The zero-order valence-corrected chi connectivity index (χ0v) is 17.5. The Balaban J connectivity index is 2.79. The van der Waals surface area contributed by atoms with Crippen LogP contribution in [0.2, 0.25) is 0 Å². The third-order valence-corrected chi connectivity index (χ3v) is 6.56. The second-order valence-corrected chi connectivity index (χ2v) is 9.24. The van der Waals surface area contributed by atoms with Gasteiger partial charge in [0.1, 0.15) is 11.3 Å². The highest BCUT2D eigenvalue weighted by Crippen LogP contribution is 2.62. The van der Waals surface area contributed by atoms with Crippen molar-refractivity contribution in [2.45, 2.75) is 73.3 Å². The van der Waals surface area contributed by atoms with Crippen LogP contribution >= 0.6 is 0 Å². The number of aliphatic hydroxyl groups is 2. The molecule has 5 nitrogen and oxygen atoms in total. The summed E-state index contributed by atoms with van der Waals surface area (Å²) in [5.74, 6) is -2.96. The number of ketones is 3. The predicted molar refractivity (Wildman–Crippen MR) is 103 cm³/mol. The number of Topliss-reactive ketones (excluding diaryl/α,β-unsaturated/α-hetero) is 3. The fraction of sp³-hybridized carbons (Fsp3) is 0.682. The molecule has 1 fully saturated rings. The highest BCUT2D eigenvalue weighted by Gasteiger charge is 2.71. The molecule has 2 bridgehead atoms. The Morgan fingerprint density at radius 2 is 1.89 bits per heavy atom. The minimum atomic E-state index is -1.52. The Hall–Kier alpha value is -1.75. The van der Waals surface area contributed by atoms with Gasteiger partial charge in [-0.2, -0.15) is 0 Å². The molecule has 2 aliphatic rings. The van der Waals surface area contributed by atoms with Gasteiger partial charge in [0.2, 0.25) is 0 Å². The minimum absolute atomic E-state index is 0.143. The summed E-state index contributed by atoms with van der Waals surface area (Å²) >= 11 is 0. The lowest BCUT2D eigenvalue weighted by Gasteiger charge is -2.38. The molecule has 0 aromatic carbocycles. The Bertz CT molecular complexity index is 747. The Kier molecular flexibility index (Phi) is 5.34. The van der Waals surface area contributed by atoms with Gasteiger partial charge in [-0.15, -0.1) is 0 Å². The SMILES string of the molecule is CCC(C)C(=O)C1=C(O)C2(CC=C(C)C)C[C@@H](C(C)(C)O)C(C)(C1=O)C2=O. The summed E-state index contributed by atoms with van der Waals surface area (Å²) in [5, 5.41) is 21.8. The zero-order chi connectivity index (χ0) is 20.9. The van der Waals surface area contributed by atoms with Crippen molar-refractivity contribution in [3.8, 4) is 0 Å². The average Bonchev–Trinajstić information content (AvgIpc) is 2.77. The number of fused-ring (bicyclic) bond motifs is 2. The number of aliphatic hydroxyl groups excluding tert-OH is 1. The summed E-state index contributed by atoms with van der Waals surface area (Å²) in [4.78, 5) is 39.7. The van der Waals surface area contributed by atoms with Gasteiger partial charge in [-0.05, 0) is 53.9 Å². The van der Waals surface area contributed by atoms with Crippen molar-refractivity contribution in [1.29, 1.82) is 0 Å².